The summed E-state index contributed by atoms with van der Waals surface area (Å²) in [7, 11) is 1.69. The monoisotopic (exact) mass is 374 g/mol. The number of carbonyl (C=O) groups excluding carboxylic acids is 1. The largest absolute Gasteiger partial charge is 0.484 e. The number of likely N-dealkylation sites (tertiary alicyclic amines) is 1. The first kappa shape index (κ1) is 17.8. The number of piperidine rings is 1. The van der Waals surface area contributed by atoms with Crippen molar-refractivity contribution in [1.82, 2.24) is 19.2 Å². The molecule has 0 atom stereocenters. The van der Waals surface area contributed by atoms with E-state index in [9.17, 15) is 14.0 Å². The third-order valence-corrected chi connectivity index (χ3v) is 5.28. The predicted molar refractivity (Wildman–Crippen MR) is 96.2 cm³/mol. The molecule has 1 aliphatic carbocycles. The second-order valence-corrected chi connectivity index (χ2v) is 7.26. The summed E-state index contributed by atoms with van der Waals surface area (Å²) in [6.07, 6.45) is 3.64. The summed E-state index contributed by atoms with van der Waals surface area (Å²) in [6, 6.07) is 5.92. The Morgan fingerprint density at radius 2 is 1.85 bits per heavy atom. The molecule has 2 aliphatic rings. The van der Waals surface area contributed by atoms with Gasteiger partial charge in [0.2, 0.25) is 0 Å². The first-order valence-electron chi connectivity index (χ1n) is 9.34. The van der Waals surface area contributed by atoms with Crippen molar-refractivity contribution < 1.29 is 13.9 Å². The van der Waals surface area contributed by atoms with E-state index in [1.807, 2.05) is 4.57 Å². The van der Waals surface area contributed by atoms with E-state index in [1.54, 1.807) is 11.9 Å². The molecule has 8 heteroatoms. The standard InChI is InChI=1S/C19H23FN4O3/c1-22-19(26)24(15-4-5-15)18(21-22)13-8-10-23(11-9-13)17(25)12-27-16-6-2-14(20)3-7-16/h2-3,6-7,13,15H,4-5,8-12H2,1H3. The summed E-state index contributed by atoms with van der Waals surface area (Å²) >= 11 is 0. The molecular formula is C19H23FN4O3. The van der Waals surface area contributed by atoms with Crippen molar-refractivity contribution in [2.24, 2.45) is 7.05 Å². The van der Waals surface area contributed by atoms with Crippen LogP contribution in [0.5, 0.6) is 5.75 Å². The molecule has 2 heterocycles. The number of nitrogens with zero attached hydrogens (tertiary/aromatic N) is 4. The molecule has 1 aromatic carbocycles. The number of hydrogen-bond acceptors (Lipinski definition) is 4. The normalized spacial score (nSPS) is 17.9. The van der Waals surface area contributed by atoms with Gasteiger partial charge in [-0.15, -0.1) is 0 Å². The van der Waals surface area contributed by atoms with Gasteiger partial charge < -0.3 is 9.64 Å². The maximum Gasteiger partial charge on any atom is 0.345 e. The number of aromatic nitrogens is 3. The quantitative estimate of drug-likeness (QED) is 0.801. The van der Waals surface area contributed by atoms with Crippen LogP contribution in [0.15, 0.2) is 29.1 Å². The molecule has 1 aliphatic heterocycles. The SMILES string of the molecule is Cn1nc(C2CCN(C(=O)COc3ccc(F)cc3)CC2)n(C2CC2)c1=O. The van der Waals surface area contributed by atoms with E-state index in [-0.39, 0.29) is 29.9 Å². The van der Waals surface area contributed by atoms with Crippen molar-refractivity contribution in [3.05, 3.63) is 46.4 Å². The average molecular weight is 374 g/mol. The number of amides is 1. The van der Waals surface area contributed by atoms with Crippen LogP contribution in [0.2, 0.25) is 0 Å². The van der Waals surface area contributed by atoms with Gasteiger partial charge in [-0.1, -0.05) is 0 Å². The predicted octanol–water partition coefficient (Wildman–Crippen LogP) is 1.84. The lowest BCUT2D eigenvalue weighted by atomic mass is 9.96. The highest BCUT2D eigenvalue weighted by Crippen LogP contribution is 2.37. The van der Waals surface area contributed by atoms with Crippen LogP contribution in [0, 0.1) is 5.82 Å². The van der Waals surface area contributed by atoms with Gasteiger partial charge >= 0.3 is 5.69 Å². The average Bonchev–Trinajstić information content (AvgIpc) is 3.47. The fourth-order valence-corrected chi connectivity index (χ4v) is 3.61. The molecule has 2 fully saturated rings. The Balaban J connectivity index is 1.33. The lowest BCUT2D eigenvalue weighted by Gasteiger charge is -2.31. The Kier molecular flexibility index (Phi) is 4.72. The lowest BCUT2D eigenvalue weighted by molar-refractivity contribution is -0.134. The lowest BCUT2D eigenvalue weighted by Crippen LogP contribution is -2.41. The summed E-state index contributed by atoms with van der Waals surface area (Å²) in [5.74, 6) is 1.11. The first-order chi connectivity index (χ1) is 13.0. The number of aryl methyl sites for hydroxylation is 1. The number of carbonyl (C=O) groups is 1. The third kappa shape index (κ3) is 3.74. The molecule has 1 amide bonds. The Labute approximate surface area is 156 Å². The van der Waals surface area contributed by atoms with Gasteiger partial charge in [0.1, 0.15) is 17.4 Å². The summed E-state index contributed by atoms with van der Waals surface area (Å²) in [6.45, 7) is 1.17. The van der Waals surface area contributed by atoms with Crippen LogP contribution >= 0.6 is 0 Å². The fraction of sp³-hybridized carbons (Fsp3) is 0.526. The van der Waals surface area contributed by atoms with E-state index in [2.05, 4.69) is 5.10 Å². The van der Waals surface area contributed by atoms with E-state index < -0.39 is 0 Å². The van der Waals surface area contributed by atoms with E-state index in [1.165, 1.54) is 28.9 Å². The molecule has 144 valence electrons. The molecule has 1 aromatic heterocycles. The van der Waals surface area contributed by atoms with Crippen LogP contribution in [0.25, 0.3) is 0 Å². The van der Waals surface area contributed by atoms with Gasteiger partial charge in [-0.3, -0.25) is 9.36 Å². The van der Waals surface area contributed by atoms with E-state index in [0.717, 1.165) is 31.5 Å². The number of benzene rings is 1. The van der Waals surface area contributed by atoms with Gasteiger partial charge in [0.15, 0.2) is 6.61 Å². The molecule has 27 heavy (non-hydrogen) atoms. The maximum absolute atomic E-state index is 12.9. The van der Waals surface area contributed by atoms with Gasteiger partial charge in [-0.25, -0.2) is 13.9 Å². The summed E-state index contributed by atoms with van der Waals surface area (Å²) < 4.78 is 21.6. The van der Waals surface area contributed by atoms with Crippen molar-refractivity contribution in [1.29, 1.82) is 0 Å². The molecular weight excluding hydrogens is 351 g/mol. The molecule has 1 saturated heterocycles. The molecule has 0 bridgehead atoms. The molecule has 0 N–H and O–H groups in total. The number of ether oxygens (including phenoxy) is 1. The Morgan fingerprint density at radius 3 is 2.48 bits per heavy atom. The van der Waals surface area contributed by atoms with Crippen molar-refractivity contribution in [2.75, 3.05) is 19.7 Å². The minimum Gasteiger partial charge on any atom is -0.484 e. The van der Waals surface area contributed by atoms with Crippen LogP contribution < -0.4 is 10.4 Å². The fourth-order valence-electron chi connectivity index (χ4n) is 3.61. The second-order valence-electron chi connectivity index (χ2n) is 7.26. The number of rotatable bonds is 5. The molecule has 0 radical (unpaired) electrons. The van der Waals surface area contributed by atoms with Crippen molar-refractivity contribution in [3.8, 4) is 5.75 Å². The van der Waals surface area contributed by atoms with E-state index in [4.69, 9.17) is 4.74 Å². The minimum atomic E-state index is -0.338. The van der Waals surface area contributed by atoms with Crippen LogP contribution in [0.4, 0.5) is 4.39 Å². The van der Waals surface area contributed by atoms with E-state index >= 15 is 0 Å². The highest BCUT2D eigenvalue weighted by atomic mass is 19.1. The molecule has 7 nitrogen and oxygen atoms in total. The molecule has 2 aromatic rings. The van der Waals surface area contributed by atoms with Crippen LogP contribution in [0.1, 0.15) is 43.5 Å². The van der Waals surface area contributed by atoms with Crippen LogP contribution in [-0.2, 0) is 11.8 Å². The van der Waals surface area contributed by atoms with Gasteiger partial charge in [0.25, 0.3) is 5.91 Å². The Hall–Kier alpha value is -2.64. The van der Waals surface area contributed by atoms with Gasteiger partial charge in [-0.2, -0.15) is 5.10 Å². The minimum absolute atomic E-state index is 0.0429. The Bertz CT molecular complexity index is 877. The van der Waals surface area contributed by atoms with Crippen molar-refractivity contribution in [2.45, 2.75) is 37.6 Å². The molecule has 4 rings (SSSR count). The zero-order valence-corrected chi connectivity index (χ0v) is 15.3. The van der Waals surface area contributed by atoms with Crippen LogP contribution in [0.3, 0.4) is 0 Å². The molecule has 0 spiro atoms. The number of halogens is 1. The second kappa shape index (κ2) is 7.17. The zero-order valence-electron chi connectivity index (χ0n) is 15.3. The molecule has 1 saturated carbocycles. The highest BCUT2D eigenvalue weighted by molar-refractivity contribution is 5.77. The topological polar surface area (TPSA) is 69.4 Å². The van der Waals surface area contributed by atoms with Gasteiger partial charge in [0.05, 0.1) is 0 Å². The summed E-state index contributed by atoms with van der Waals surface area (Å²) in [5, 5.41) is 4.46. The maximum atomic E-state index is 12.9. The highest BCUT2D eigenvalue weighted by Gasteiger charge is 2.34. The summed E-state index contributed by atoms with van der Waals surface area (Å²) in [5.41, 5.74) is -0.0429. The Morgan fingerprint density at radius 1 is 1.19 bits per heavy atom. The summed E-state index contributed by atoms with van der Waals surface area (Å²) in [4.78, 5) is 26.4. The van der Waals surface area contributed by atoms with Crippen LogP contribution in [-0.4, -0.2) is 44.9 Å². The smallest absolute Gasteiger partial charge is 0.345 e. The van der Waals surface area contributed by atoms with Gasteiger partial charge in [-0.05, 0) is 49.9 Å². The first-order valence-corrected chi connectivity index (χ1v) is 9.34. The zero-order chi connectivity index (χ0) is 19.0. The van der Waals surface area contributed by atoms with Crippen molar-refractivity contribution >= 4 is 5.91 Å². The van der Waals surface area contributed by atoms with Crippen molar-refractivity contribution in [3.63, 3.8) is 0 Å². The third-order valence-electron chi connectivity index (χ3n) is 5.28. The molecule has 0 unspecified atom stereocenters. The van der Waals surface area contributed by atoms with Gasteiger partial charge in [0, 0.05) is 32.1 Å². The number of hydrogen-bond donors (Lipinski definition) is 0. The van der Waals surface area contributed by atoms with E-state index in [0.29, 0.717) is 24.9 Å².